The number of allylic oxidation sites excluding steroid dienone is 2. The normalized spacial score (nSPS) is 19.1. The Labute approximate surface area is 200 Å². The molecule has 34 heavy (non-hydrogen) atoms. The van der Waals surface area contributed by atoms with Crippen molar-refractivity contribution in [3.05, 3.63) is 64.8 Å². The van der Waals surface area contributed by atoms with E-state index in [1.807, 2.05) is 44.2 Å². The molecule has 0 radical (unpaired) electrons. The molecule has 2 heterocycles. The van der Waals surface area contributed by atoms with E-state index in [0.29, 0.717) is 46.6 Å². The van der Waals surface area contributed by atoms with E-state index in [2.05, 4.69) is 15.3 Å². The Kier molecular flexibility index (Phi) is 7.50. The second-order valence-corrected chi connectivity index (χ2v) is 9.11. The Morgan fingerprint density at radius 1 is 1.00 bits per heavy atom. The Hall–Kier alpha value is -3.35. The number of methoxy groups -OCH3 is 1. The number of aromatic amines is 1. The number of imidazole rings is 1. The third kappa shape index (κ3) is 5.08. The Morgan fingerprint density at radius 3 is 2.35 bits per heavy atom. The van der Waals surface area contributed by atoms with Crippen molar-refractivity contribution in [1.82, 2.24) is 15.3 Å². The van der Waals surface area contributed by atoms with Crippen LogP contribution in [0.15, 0.2) is 59.1 Å². The first-order valence-corrected chi connectivity index (χ1v) is 12.0. The van der Waals surface area contributed by atoms with E-state index in [-0.39, 0.29) is 0 Å². The number of nitrogens with zero attached hydrogens (tertiary/aromatic N) is 1. The first-order chi connectivity index (χ1) is 16.5. The summed E-state index contributed by atoms with van der Waals surface area (Å²) in [5, 5.41) is 3.18. The average Bonchev–Trinajstić information content (AvgIpc) is 3.34. The van der Waals surface area contributed by atoms with E-state index in [1.54, 1.807) is 6.20 Å². The fourth-order valence-electron chi connectivity index (χ4n) is 5.05. The maximum atomic E-state index is 13.3. The van der Waals surface area contributed by atoms with E-state index in [4.69, 9.17) is 9.47 Å². The van der Waals surface area contributed by atoms with Crippen molar-refractivity contribution in [3.8, 4) is 11.4 Å². The molecular formula is C27H33N3O4. The number of esters is 2. The molecular weight excluding hydrogens is 430 g/mol. The smallest absolute Gasteiger partial charge is 0.336 e. The van der Waals surface area contributed by atoms with Crippen LogP contribution in [-0.4, -0.2) is 35.6 Å². The van der Waals surface area contributed by atoms with Crippen molar-refractivity contribution in [1.29, 1.82) is 0 Å². The summed E-state index contributed by atoms with van der Waals surface area (Å²) in [6, 6.07) is 9.72. The Morgan fingerprint density at radius 2 is 1.68 bits per heavy atom. The van der Waals surface area contributed by atoms with Crippen LogP contribution < -0.4 is 5.32 Å². The molecule has 0 amide bonds. The minimum Gasteiger partial charge on any atom is -0.466 e. The molecule has 4 rings (SSSR count). The molecule has 2 aromatic rings. The summed E-state index contributed by atoms with van der Waals surface area (Å²) < 4.78 is 10.8. The van der Waals surface area contributed by atoms with Crippen LogP contribution in [0.3, 0.4) is 0 Å². The first kappa shape index (κ1) is 23.8. The van der Waals surface area contributed by atoms with Gasteiger partial charge in [-0.05, 0) is 26.2 Å². The molecule has 1 aromatic heterocycles. The summed E-state index contributed by atoms with van der Waals surface area (Å²) in [6.45, 7) is 4.01. The van der Waals surface area contributed by atoms with Gasteiger partial charge in [0.2, 0.25) is 0 Å². The largest absolute Gasteiger partial charge is 0.466 e. The van der Waals surface area contributed by atoms with Gasteiger partial charge >= 0.3 is 11.9 Å². The van der Waals surface area contributed by atoms with Gasteiger partial charge in [0.25, 0.3) is 0 Å². The number of H-pyrrole nitrogens is 1. The zero-order valence-electron chi connectivity index (χ0n) is 20.1. The molecule has 0 saturated heterocycles. The number of carbonyl (C=O) groups excluding carboxylic acids is 2. The van der Waals surface area contributed by atoms with Crippen LogP contribution in [0.2, 0.25) is 0 Å². The van der Waals surface area contributed by atoms with Crippen LogP contribution in [0.5, 0.6) is 0 Å². The highest BCUT2D eigenvalue weighted by atomic mass is 16.5. The zero-order valence-corrected chi connectivity index (χ0v) is 20.1. The van der Waals surface area contributed by atoms with Gasteiger partial charge in [-0.1, -0.05) is 62.4 Å². The molecule has 1 aliphatic heterocycles. The van der Waals surface area contributed by atoms with Crippen molar-refractivity contribution in [2.24, 2.45) is 5.92 Å². The number of nitrogens with one attached hydrogen (secondary N) is 2. The van der Waals surface area contributed by atoms with E-state index in [9.17, 15) is 9.59 Å². The van der Waals surface area contributed by atoms with Crippen molar-refractivity contribution in [3.63, 3.8) is 0 Å². The molecule has 7 nitrogen and oxygen atoms in total. The van der Waals surface area contributed by atoms with Crippen molar-refractivity contribution in [2.75, 3.05) is 13.7 Å². The minimum atomic E-state index is -0.666. The molecule has 0 spiro atoms. The third-order valence-corrected chi connectivity index (χ3v) is 6.82. The molecule has 2 N–H and O–H groups in total. The van der Waals surface area contributed by atoms with E-state index >= 15 is 0 Å². The molecule has 1 saturated carbocycles. The third-order valence-electron chi connectivity index (χ3n) is 6.82. The standard InChI is InChI=1S/C27H33N3O4/c1-17-22(26(31)33-3)24(21-16-28-25(30-21)20-12-8-5-9-13-20)23(18(2)29-17)27(32)34-15-14-19-10-6-4-7-11-19/h5,8-9,12-13,16,19,24,29H,4,6-7,10-11,14-15H2,1-3H3,(H,28,30). The van der Waals surface area contributed by atoms with Gasteiger partial charge in [0.1, 0.15) is 5.82 Å². The van der Waals surface area contributed by atoms with Gasteiger partial charge in [0.05, 0.1) is 30.8 Å². The van der Waals surface area contributed by atoms with Crippen LogP contribution in [-0.2, 0) is 19.1 Å². The highest BCUT2D eigenvalue weighted by Gasteiger charge is 2.39. The van der Waals surface area contributed by atoms with Gasteiger partial charge in [-0.15, -0.1) is 0 Å². The van der Waals surface area contributed by atoms with Crippen molar-refractivity contribution in [2.45, 2.75) is 58.3 Å². The number of hydrogen-bond acceptors (Lipinski definition) is 6. The zero-order chi connectivity index (χ0) is 24.1. The Bertz CT molecular complexity index is 1090. The van der Waals surface area contributed by atoms with Crippen LogP contribution in [0.4, 0.5) is 0 Å². The highest BCUT2D eigenvalue weighted by Crippen LogP contribution is 2.39. The number of benzene rings is 1. The summed E-state index contributed by atoms with van der Waals surface area (Å²) >= 11 is 0. The van der Waals surface area contributed by atoms with E-state index in [1.165, 1.54) is 39.2 Å². The van der Waals surface area contributed by atoms with Crippen LogP contribution in [0.25, 0.3) is 11.4 Å². The maximum Gasteiger partial charge on any atom is 0.336 e. The molecule has 180 valence electrons. The van der Waals surface area contributed by atoms with Gasteiger partial charge in [0, 0.05) is 28.8 Å². The quantitative estimate of drug-likeness (QED) is 0.562. The predicted molar refractivity (Wildman–Crippen MR) is 129 cm³/mol. The lowest BCUT2D eigenvalue weighted by molar-refractivity contribution is -0.140. The lowest BCUT2D eigenvalue weighted by atomic mass is 9.83. The summed E-state index contributed by atoms with van der Waals surface area (Å²) in [6.07, 6.45) is 8.76. The van der Waals surface area contributed by atoms with E-state index < -0.39 is 17.9 Å². The van der Waals surface area contributed by atoms with Gasteiger partial charge in [-0.25, -0.2) is 14.6 Å². The van der Waals surface area contributed by atoms with Gasteiger partial charge in [-0.3, -0.25) is 0 Å². The lowest BCUT2D eigenvalue weighted by Gasteiger charge is -2.29. The second-order valence-electron chi connectivity index (χ2n) is 9.11. The van der Waals surface area contributed by atoms with E-state index in [0.717, 1.165) is 12.0 Å². The number of dihydropyridines is 1. The monoisotopic (exact) mass is 463 g/mol. The molecule has 1 aromatic carbocycles. The molecule has 0 bridgehead atoms. The van der Waals surface area contributed by atoms with Gasteiger partial charge in [-0.2, -0.15) is 0 Å². The minimum absolute atomic E-state index is 0.371. The number of hydrogen-bond donors (Lipinski definition) is 2. The fraction of sp³-hybridized carbons (Fsp3) is 0.444. The van der Waals surface area contributed by atoms with Crippen molar-refractivity contribution >= 4 is 11.9 Å². The summed E-state index contributed by atoms with van der Waals surface area (Å²) in [5.74, 6) is -0.299. The molecule has 7 heteroatoms. The van der Waals surface area contributed by atoms with Gasteiger partial charge in [0.15, 0.2) is 0 Å². The molecule has 2 aliphatic rings. The van der Waals surface area contributed by atoms with Crippen molar-refractivity contribution < 1.29 is 19.1 Å². The molecule has 1 aliphatic carbocycles. The predicted octanol–water partition coefficient (Wildman–Crippen LogP) is 5.00. The lowest BCUT2D eigenvalue weighted by Crippen LogP contribution is -2.32. The maximum absolute atomic E-state index is 13.3. The topological polar surface area (TPSA) is 93.3 Å². The fourth-order valence-corrected chi connectivity index (χ4v) is 5.05. The van der Waals surface area contributed by atoms with Crippen LogP contribution in [0, 0.1) is 5.92 Å². The summed E-state index contributed by atoms with van der Waals surface area (Å²) in [5.41, 5.74) is 3.63. The first-order valence-electron chi connectivity index (χ1n) is 12.0. The summed E-state index contributed by atoms with van der Waals surface area (Å²) in [4.78, 5) is 34.0. The number of aromatic nitrogens is 2. The van der Waals surface area contributed by atoms with Crippen LogP contribution >= 0.6 is 0 Å². The molecule has 1 unspecified atom stereocenters. The number of carbonyl (C=O) groups is 2. The summed E-state index contributed by atoms with van der Waals surface area (Å²) in [7, 11) is 1.34. The van der Waals surface area contributed by atoms with Gasteiger partial charge < -0.3 is 19.8 Å². The average molecular weight is 464 g/mol. The van der Waals surface area contributed by atoms with Crippen LogP contribution in [0.1, 0.15) is 64.0 Å². The number of ether oxygens (including phenoxy) is 2. The molecule has 1 fully saturated rings. The molecule has 1 atom stereocenters. The second kappa shape index (κ2) is 10.7. The Balaban J connectivity index is 1.62. The SMILES string of the molecule is COC(=O)C1=C(C)NC(C)=C(C(=O)OCCC2CCCCC2)C1c1cnc(-c2ccccc2)[nH]1. The number of rotatable bonds is 7. The highest BCUT2D eigenvalue weighted by molar-refractivity contribution is 5.99.